The summed E-state index contributed by atoms with van der Waals surface area (Å²) in [5, 5.41) is 15.4. The first-order valence-corrected chi connectivity index (χ1v) is 4.66. The van der Waals surface area contributed by atoms with Crippen molar-refractivity contribution in [1.82, 2.24) is 9.78 Å². The van der Waals surface area contributed by atoms with Crippen LogP contribution in [0.15, 0.2) is 22.8 Å². The normalized spacial score (nSPS) is 10.7. The van der Waals surface area contributed by atoms with Gasteiger partial charge >= 0.3 is 0 Å². The van der Waals surface area contributed by atoms with Gasteiger partial charge in [-0.1, -0.05) is 6.07 Å². The molecule has 0 aliphatic heterocycles. The van der Waals surface area contributed by atoms with Gasteiger partial charge < -0.3 is 0 Å². The third-order valence-corrected chi connectivity index (χ3v) is 2.88. The maximum absolute atomic E-state index is 10.7. The second-order valence-electron chi connectivity index (χ2n) is 2.84. The summed E-state index contributed by atoms with van der Waals surface area (Å²) in [4.78, 5) is 10.3. The molecule has 0 saturated carbocycles. The molecule has 0 fully saturated rings. The van der Waals surface area contributed by atoms with Crippen LogP contribution in [0.2, 0.25) is 0 Å². The first-order chi connectivity index (χ1) is 6.61. The summed E-state index contributed by atoms with van der Waals surface area (Å²) in [7, 11) is 1.73. The number of nitrogens with zero attached hydrogens (tertiary/aromatic N) is 3. The van der Waals surface area contributed by atoms with E-state index < -0.39 is 4.92 Å². The number of hydrogen-bond acceptors (Lipinski definition) is 3. The largest absolute Gasteiger partial charge is 0.281 e. The minimum absolute atomic E-state index is 0.0717. The van der Waals surface area contributed by atoms with Crippen molar-refractivity contribution >= 4 is 32.5 Å². The third kappa shape index (κ3) is 1.19. The Morgan fingerprint density at radius 2 is 2.29 bits per heavy atom. The number of fused-ring (bicyclic) bond motifs is 1. The van der Waals surface area contributed by atoms with Gasteiger partial charge in [0.15, 0.2) is 0 Å². The molecule has 14 heavy (non-hydrogen) atoms. The van der Waals surface area contributed by atoms with Crippen LogP contribution in [-0.4, -0.2) is 14.7 Å². The van der Waals surface area contributed by atoms with Crippen LogP contribution in [0.5, 0.6) is 0 Å². The van der Waals surface area contributed by atoms with Gasteiger partial charge in [0, 0.05) is 13.1 Å². The predicted molar refractivity (Wildman–Crippen MR) is 55.1 cm³/mol. The Kier molecular flexibility index (Phi) is 1.99. The average molecular weight is 256 g/mol. The van der Waals surface area contributed by atoms with E-state index in [1.807, 2.05) is 0 Å². The van der Waals surface area contributed by atoms with Crippen molar-refractivity contribution < 1.29 is 4.92 Å². The Morgan fingerprint density at radius 3 is 2.93 bits per heavy atom. The number of nitro groups is 1. The highest BCUT2D eigenvalue weighted by Crippen LogP contribution is 2.31. The van der Waals surface area contributed by atoms with Gasteiger partial charge in [0.25, 0.3) is 5.69 Å². The Labute approximate surface area is 87.6 Å². The molecular weight excluding hydrogens is 250 g/mol. The molecule has 72 valence electrons. The molecule has 0 aliphatic carbocycles. The highest BCUT2D eigenvalue weighted by molar-refractivity contribution is 9.10. The van der Waals surface area contributed by atoms with Crippen LogP contribution >= 0.6 is 15.9 Å². The lowest BCUT2D eigenvalue weighted by Crippen LogP contribution is -1.89. The molecule has 0 radical (unpaired) electrons. The van der Waals surface area contributed by atoms with E-state index in [1.54, 1.807) is 23.9 Å². The lowest BCUT2D eigenvalue weighted by atomic mass is 10.2. The maximum atomic E-state index is 10.7. The standard InChI is InChI=1S/C8H6BrN3O2/c1-11-8(9)7-5(10-11)3-2-4-6(7)12(13)14/h2-4H,1H3. The number of rotatable bonds is 1. The van der Waals surface area contributed by atoms with Crippen molar-refractivity contribution in [2.45, 2.75) is 0 Å². The summed E-state index contributed by atoms with van der Waals surface area (Å²) >= 11 is 3.27. The van der Waals surface area contributed by atoms with Crippen LogP contribution < -0.4 is 0 Å². The van der Waals surface area contributed by atoms with E-state index in [0.29, 0.717) is 15.5 Å². The Balaban J connectivity index is 2.91. The van der Waals surface area contributed by atoms with Gasteiger partial charge in [0.2, 0.25) is 0 Å². The molecule has 6 heteroatoms. The zero-order valence-corrected chi connectivity index (χ0v) is 8.85. The fraction of sp³-hybridized carbons (Fsp3) is 0.125. The first-order valence-electron chi connectivity index (χ1n) is 3.87. The maximum Gasteiger partial charge on any atom is 0.281 e. The number of nitro benzene ring substituents is 1. The lowest BCUT2D eigenvalue weighted by Gasteiger charge is -1.92. The highest BCUT2D eigenvalue weighted by Gasteiger charge is 2.17. The van der Waals surface area contributed by atoms with E-state index in [2.05, 4.69) is 21.0 Å². The molecule has 0 amide bonds. The second kappa shape index (κ2) is 3.06. The van der Waals surface area contributed by atoms with Crippen LogP contribution in [0, 0.1) is 10.1 Å². The topological polar surface area (TPSA) is 61.0 Å². The van der Waals surface area contributed by atoms with Gasteiger partial charge in [-0.3, -0.25) is 14.8 Å². The SMILES string of the molecule is Cn1nc2cccc([N+](=O)[O-])c2c1Br. The monoisotopic (exact) mass is 255 g/mol. The smallest absolute Gasteiger partial charge is 0.260 e. The van der Waals surface area contributed by atoms with E-state index >= 15 is 0 Å². The number of aromatic nitrogens is 2. The molecule has 5 nitrogen and oxygen atoms in total. The van der Waals surface area contributed by atoms with Crippen molar-refractivity contribution in [3.05, 3.63) is 32.9 Å². The van der Waals surface area contributed by atoms with E-state index in [0.717, 1.165) is 0 Å². The van der Waals surface area contributed by atoms with Crippen molar-refractivity contribution in [2.24, 2.45) is 7.05 Å². The van der Waals surface area contributed by atoms with Crippen LogP contribution in [0.4, 0.5) is 5.69 Å². The molecule has 0 N–H and O–H groups in total. The Bertz CT molecular complexity index is 521. The van der Waals surface area contributed by atoms with Gasteiger partial charge in [0.1, 0.15) is 15.5 Å². The number of halogens is 1. The van der Waals surface area contributed by atoms with Gasteiger partial charge in [-0.05, 0) is 22.0 Å². The molecule has 1 heterocycles. The molecule has 0 atom stereocenters. The Hall–Kier alpha value is -1.43. The molecule has 2 rings (SSSR count). The summed E-state index contributed by atoms with van der Waals surface area (Å²) in [5.74, 6) is 0. The molecule has 0 unspecified atom stereocenters. The molecule has 1 aromatic carbocycles. The van der Waals surface area contributed by atoms with Crippen molar-refractivity contribution in [3.8, 4) is 0 Å². The number of hydrogen-bond donors (Lipinski definition) is 0. The third-order valence-electron chi connectivity index (χ3n) is 1.97. The molecule has 2 aromatic rings. The van der Waals surface area contributed by atoms with Crippen LogP contribution in [0.25, 0.3) is 10.9 Å². The van der Waals surface area contributed by atoms with Crippen LogP contribution in [0.3, 0.4) is 0 Å². The van der Waals surface area contributed by atoms with E-state index in [1.165, 1.54) is 6.07 Å². The average Bonchev–Trinajstić information content (AvgIpc) is 2.43. The summed E-state index contributed by atoms with van der Waals surface area (Å²) in [6.45, 7) is 0. The van der Waals surface area contributed by atoms with Gasteiger partial charge in [-0.25, -0.2) is 0 Å². The van der Waals surface area contributed by atoms with Crippen molar-refractivity contribution in [3.63, 3.8) is 0 Å². The fourth-order valence-electron chi connectivity index (χ4n) is 1.34. The van der Waals surface area contributed by atoms with E-state index in [-0.39, 0.29) is 5.69 Å². The zero-order valence-electron chi connectivity index (χ0n) is 7.27. The molecular formula is C8H6BrN3O2. The number of benzene rings is 1. The molecule has 0 aliphatic rings. The van der Waals surface area contributed by atoms with Crippen LogP contribution in [0.1, 0.15) is 0 Å². The van der Waals surface area contributed by atoms with Crippen molar-refractivity contribution in [2.75, 3.05) is 0 Å². The first kappa shape index (κ1) is 9.14. The highest BCUT2D eigenvalue weighted by atomic mass is 79.9. The minimum atomic E-state index is -0.408. The van der Waals surface area contributed by atoms with Crippen LogP contribution in [-0.2, 0) is 7.05 Å². The quantitative estimate of drug-likeness (QED) is 0.580. The molecule has 1 aromatic heterocycles. The number of aryl methyl sites for hydroxylation is 1. The fourth-order valence-corrected chi connectivity index (χ4v) is 1.83. The minimum Gasteiger partial charge on any atom is -0.260 e. The molecule has 0 bridgehead atoms. The zero-order chi connectivity index (χ0) is 10.3. The summed E-state index contributed by atoms with van der Waals surface area (Å²) < 4.78 is 2.19. The van der Waals surface area contributed by atoms with E-state index in [9.17, 15) is 10.1 Å². The summed E-state index contributed by atoms with van der Waals surface area (Å²) in [5.41, 5.74) is 0.691. The lowest BCUT2D eigenvalue weighted by molar-refractivity contribution is -0.383. The second-order valence-corrected chi connectivity index (χ2v) is 3.59. The summed E-state index contributed by atoms with van der Waals surface area (Å²) in [6.07, 6.45) is 0. The van der Waals surface area contributed by atoms with Gasteiger partial charge in [-0.15, -0.1) is 0 Å². The molecule has 0 spiro atoms. The van der Waals surface area contributed by atoms with Crippen molar-refractivity contribution in [1.29, 1.82) is 0 Å². The summed E-state index contributed by atoms with van der Waals surface area (Å²) in [6, 6.07) is 4.84. The predicted octanol–water partition coefficient (Wildman–Crippen LogP) is 2.24. The van der Waals surface area contributed by atoms with Gasteiger partial charge in [0.05, 0.1) is 4.92 Å². The van der Waals surface area contributed by atoms with E-state index in [4.69, 9.17) is 0 Å². The van der Waals surface area contributed by atoms with Gasteiger partial charge in [-0.2, -0.15) is 5.10 Å². The molecule has 0 saturated heterocycles. The Morgan fingerprint density at radius 1 is 1.57 bits per heavy atom. The number of non-ortho nitro benzene ring substituents is 1.